The van der Waals surface area contributed by atoms with Crippen LogP contribution in [0.1, 0.15) is 16.8 Å². The van der Waals surface area contributed by atoms with Crippen LogP contribution >= 0.6 is 11.6 Å². The van der Waals surface area contributed by atoms with E-state index in [9.17, 15) is 13.6 Å². The van der Waals surface area contributed by atoms with Gasteiger partial charge in [0.15, 0.2) is 5.82 Å². The summed E-state index contributed by atoms with van der Waals surface area (Å²) >= 11 is 5.77. The minimum atomic E-state index is -0.754. The van der Waals surface area contributed by atoms with Crippen LogP contribution < -0.4 is 5.56 Å². The summed E-state index contributed by atoms with van der Waals surface area (Å²) in [6, 6.07) is 7.68. The van der Waals surface area contributed by atoms with Crippen LogP contribution in [0.3, 0.4) is 0 Å². The molecule has 0 spiro atoms. The highest BCUT2D eigenvalue weighted by molar-refractivity contribution is 6.30. The van der Waals surface area contributed by atoms with Crippen LogP contribution in [0.15, 0.2) is 41.3 Å². The predicted molar refractivity (Wildman–Crippen MR) is 97.3 cm³/mol. The van der Waals surface area contributed by atoms with Crippen molar-refractivity contribution in [1.29, 1.82) is 0 Å². The molecule has 1 aromatic carbocycles. The Morgan fingerprint density at radius 3 is 2.85 bits per heavy atom. The third-order valence-electron chi connectivity index (χ3n) is 4.58. The molecule has 138 valence electrons. The van der Waals surface area contributed by atoms with E-state index in [1.165, 1.54) is 6.07 Å². The summed E-state index contributed by atoms with van der Waals surface area (Å²) in [5, 5.41) is -0.115. The molecule has 1 N–H and O–H groups in total. The molecule has 2 aromatic heterocycles. The number of fused-ring (bicyclic) bond motifs is 1. The molecule has 0 atom stereocenters. The first kappa shape index (κ1) is 17.8. The summed E-state index contributed by atoms with van der Waals surface area (Å²) in [6.07, 6.45) is 2.07. The molecule has 0 saturated heterocycles. The van der Waals surface area contributed by atoms with Gasteiger partial charge in [-0.05, 0) is 30.7 Å². The zero-order chi connectivity index (χ0) is 19.0. The van der Waals surface area contributed by atoms with Crippen LogP contribution in [-0.2, 0) is 19.5 Å². The molecule has 27 heavy (non-hydrogen) atoms. The fourth-order valence-corrected chi connectivity index (χ4v) is 3.37. The number of aromatic amines is 1. The van der Waals surface area contributed by atoms with Crippen molar-refractivity contribution < 1.29 is 8.78 Å². The second-order valence-corrected chi connectivity index (χ2v) is 6.74. The molecule has 0 radical (unpaired) electrons. The SMILES string of the molecule is O=c1[nH]c(-c2ccccn2)nc2c1CCN(Cc1c(F)ccc(Cl)c1F)C2. The summed E-state index contributed by atoms with van der Waals surface area (Å²) in [7, 11) is 0. The Morgan fingerprint density at radius 1 is 1.22 bits per heavy atom. The highest BCUT2D eigenvalue weighted by atomic mass is 35.5. The van der Waals surface area contributed by atoms with Gasteiger partial charge in [0.25, 0.3) is 5.56 Å². The molecule has 0 fully saturated rings. The maximum Gasteiger partial charge on any atom is 0.254 e. The Bertz CT molecular complexity index is 1060. The number of hydrogen-bond donors (Lipinski definition) is 1. The lowest BCUT2D eigenvalue weighted by molar-refractivity contribution is 0.233. The van der Waals surface area contributed by atoms with E-state index in [0.29, 0.717) is 42.3 Å². The smallest absolute Gasteiger partial charge is 0.254 e. The van der Waals surface area contributed by atoms with Crippen LogP contribution in [0.2, 0.25) is 5.02 Å². The second kappa shape index (κ2) is 7.17. The first-order valence-corrected chi connectivity index (χ1v) is 8.79. The summed E-state index contributed by atoms with van der Waals surface area (Å²) in [5.41, 5.74) is 1.45. The van der Waals surface area contributed by atoms with Crippen molar-refractivity contribution in [2.45, 2.75) is 19.5 Å². The van der Waals surface area contributed by atoms with Gasteiger partial charge in [0.05, 0.1) is 10.7 Å². The van der Waals surface area contributed by atoms with Gasteiger partial charge < -0.3 is 4.98 Å². The van der Waals surface area contributed by atoms with E-state index in [1.54, 1.807) is 24.4 Å². The molecule has 1 aliphatic rings. The van der Waals surface area contributed by atoms with E-state index in [0.717, 1.165) is 6.07 Å². The van der Waals surface area contributed by atoms with E-state index in [1.807, 2.05) is 4.90 Å². The van der Waals surface area contributed by atoms with E-state index >= 15 is 0 Å². The number of pyridine rings is 1. The van der Waals surface area contributed by atoms with Crippen LogP contribution in [-0.4, -0.2) is 26.4 Å². The Hall–Kier alpha value is -2.64. The van der Waals surface area contributed by atoms with Crippen molar-refractivity contribution >= 4 is 11.6 Å². The van der Waals surface area contributed by atoms with Crippen molar-refractivity contribution in [2.75, 3.05) is 6.54 Å². The van der Waals surface area contributed by atoms with Crippen LogP contribution in [0.4, 0.5) is 8.78 Å². The number of aromatic nitrogens is 3. The molecule has 0 saturated carbocycles. The molecular weight excluding hydrogens is 374 g/mol. The zero-order valence-electron chi connectivity index (χ0n) is 14.2. The van der Waals surface area contributed by atoms with Gasteiger partial charge in [0.2, 0.25) is 0 Å². The van der Waals surface area contributed by atoms with Gasteiger partial charge in [0.1, 0.15) is 17.3 Å². The quantitative estimate of drug-likeness (QED) is 0.699. The highest BCUT2D eigenvalue weighted by Crippen LogP contribution is 2.25. The molecule has 3 heterocycles. The molecule has 1 aliphatic heterocycles. The average molecular weight is 389 g/mol. The lowest BCUT2D eigenvalue weighted by Crippen LogP contribution is -2.35. The van der Waals surface area contributed by atoms with E-state index in [4.69, 9.17) is 11.6 Å². The average Bonchev–Trinajstić information content (AvgIpc) is 2.68. The molecule has 0 aliphatic carbocycles. The summed E-state index contributed by atoms with van der Waals surface area (Å²) in [5.74, 6) is -1.02. The molecular formula is C19H15ClF2N4O. The van der Waals surface area contributed by atoms with E-state index in [2.05, 4.69) is 15.0 Å². The maximum absolute atomic E-state index is 14.2. The minimum absolute atomic E-state index is 0.0467. The third kappa shape index (κ3) is 3.48. The number of rotatable bonds is 3. The van der Waals surface area contributed by atoms with Crippen molar-refractivity contribution in [2.24, 2.45) is 0 Å². The molecule has 3 aromatic rings. The van der Waals surface area contributed by atoms with Gasteiger partial charge in [-0.3, -0.25) is 14.7 Å². The number of nitrogens with one attached hydrogen (secondary N) is 1. The first-order chi connectivity index (χ1) is 13.0. The van der Waals surface area contributed by atoms with Crippen molar-refractivity contribution in [3.05, 3.63) is 80.4 Å². The topological polar surface area (TPSA) is 61.9 Å². The predicted octanol–water partition coefficient (Wildman–Crippen LogP) is 3.32. The monoisotopic (exact) mass is 388 g/mol. The van der Waals surface area contributed by atoms with Gasteiger partial charge in [-0.25, -0.2) is 13.8 Å². The lowest BCUT2D eigenvalue weighted by atomic mass is 10.0. The van der Waals surface area contributed by atoms with Crippen LogP contribution in [0.5, 0.6) is 0 Å². The lowest BCUT2D eigenvalue weighted by Gasteiger charge is -2.28. The molecule has 0 amide bonds. The fraction of sp³-hybridized carbons (Fsp3) is 0.211. The zero-order valence-corrected chi connectivity index (χ0v) is 14.9. The van der Waals surface area contributed by atoms with Crippen molar-refractivity contribution in [1.82, 2.24) is 19.9 Å². The van der Waals surface area contributed by atoms with Gasteiger partial charge in [0, 0.05) is 37.0 Å². The van der Waals surface area contributed by atoms with Gasteiger partial charge >= 0.3 is 0 Å². The van der Waals surface area contributed by atoms with E-state index in [-0.39, 0.29) is 22.7 Å². The maximum atomic E-state index is 14.2. The third-order valence-corrected chi connectivity index (χ3v) is 4.87. The number of benzene rings is 1. The fourth-order valence-electron chi connectivity index (χ4n) is 3.19. The number of H-pyrrole nitrogens is 1. The van der Waals surface area contributed by atoms with Gasteiger partial charge in [-0.15, -0.1) is 0 Å². The van der Waals surface area contributed by atoms with Gasteiger partial charge in [-0.2, -0.15) is 0 Å². The summed E-state index contributed by atoms with van der Waals surface area (Å²) < 4.78 is 28.2. The Labute approximate surface area is 158 Å². The molecule has 8 heteroatoms. The molecule has 5 nitrogen and oxygen atoms in total. The molecule has 0 unspecified atom stereocenters. The first-order valence-electron chi connectivity index (χ1n) is 8.41. The summed E-state index contributed by atoms with van der Waals surface area (Å²) in [6.45, 7) is 0.849. The van der Waals surface area contributed by atoms with Gasteiger partial charge in [-0.1, -0.05) is 17.7 Å². The minimum Gasteiger partial charge on any atom is -0.305 e. The number of halogens is 3. The highest BCUT2D eigenvalue weighted by Gasteiger charge is 2.24. The number of nitrogens with zero attached hydrogens (tertiary/aromatic N) is 3. The standard InChI is InChI=1S/C19H15ClF2N4O/c20-13-4-5-14(21)12(17(13)22)9-26-8-6-11-16(10-26)24-18(25-19(11)27)15-3-1-2-7-23-15/h1-5,7H,6,8-10H2,(H,24,25,27). The van der Waals surface area contributed by atoms with E-state index < -0.39 is 11.6 Å². The largest absolute Gasteiger partial charge is 0.305 e. The van der Waals surface area contributed by atoms with Crippen molar-refractivity contribution in [3.8, 4) is 11.5 Å². The Morgan fingerprint density at radius 2 is 2.07 bits per heavy atom. The van der Waals surface area contributed by atoms with Crippen molar-refractivity contribution in [3.63, 3.8) is 0 Å². The number of hydrogen-bond acceptors (Lipinski definition) is 4. The Kier molecular flexibility index (Phi) is 4.72. The van der Waals surface area contributed by atoms with Crippen LogP contribution in [0.25, 0.3) is 11.5 Å². The normalized spacial score (nSPS) is 14.2. The Balaban J connectivity index is 1.64. The molecule has 0 bridgehead atoms. The summed E-state index contributed by atoms with van der Waals surface area (Å²) in [4.78, 5) is 25.7. The van der Waals surface area contributed by atoms with Crippen LogP contribution in [0, 0.1) is 11.6 Å². The second-order valence-electron chi connectivity index (χ2n) is 6.34. The molecule has 4 rings (SSSR count).